The van der Waals surface area contributed by atoms with Crippen LogP contribution in [0.1, 0.15) is 28.4 Å². The molecule has 3 rings (SSSR count). The van der Waals surface area contributed by atoms with E-state index in [1.54, 1.807) is 0 Å². The summed E-state index contributed by atoms with van der Waals surface area (Å²) in [6.45, 7) is 2.09. The average Bonchev–Trinajstić information content (AvgIpc) is 2.63. The number of hydrogen-bond donors (Lipinski definition) is 0. The summed E-state index contributed by atoms with van der Waals surface area (Å²) >= 11 is 0. The minimum Gasteiger partial charge on any atom is -0.294 e. The highest BCUT2D eigenvalue weighted by molar-refractivity contribution is 6.04. The van der Waals surface area contributed by atoms with Gasteiger partial charge in [0.05, 0.1) is 0 Å². The molecule has 90 valence electrons. The maximum absolute atomic E-state index is 12.5. The van der Waals surface area contributed by atoms with Crippen molar-refractivity contribution in [3.8, 4) is 0 Å². The second-order valence-electron chi connectivity index (χ2n) is 5.39. The maximum Gasteiger partial charge on any atom is 0.169 e. The van der Waals surface area contributed by atoms with Crippen LogP contribution in [0, 0.1) is 5.41 Å². The van der Waals surface area contributed by atoms with Crippen LogP contribution in [0.25, 0.3) is 0 Å². The van der Waals surface area contributed by atoms with Crippen molar-refractivity contribution >= 4 is 5.78 Å². The molecule has 0 aromatic heterocycles. The first-order chi connectivity index (χ1) is 8.69. The predicted octanol–water partition coefficient (Wildman–Crippen LogP) is 3.67. The molecule has 0 saturated carbocycles. The minimum absolute atomic E-state index is 0.273. The van der Waals surface area contributed by atoms with Gasteiger partial charge >= 0.3 is 0 Å². The first-order valence-corrected chi connectivity index (χ1v) is 6.36. The molecule has 1 aliphatic carbocycles. The number of carbonyl (C=O) groups is 1. The quantitative estimate of drug-likeness (QED) is 0.777. The summed E-state index contributed by atoms with van der Waals surface area (Å²) in [7, 11) is 0. The molecule has 1 atom stereocenters. The van der Waals surface area contributed by atoms with E-state index in [1.165, 1.54) is 11.1 Å². The van der Waals surface area contributed by atoms with Crippen molar-refractivity contribution in [2.24, 2.45) is 5.41 Å². The molecule has 0 saturated heterocycles. The van der Waals surface area contributed by atoms with E-state index in [2.05, 4.69) is 25.1 Å². The maximum atomic E-state index is 12.5. The zero-order valence-corrected chi connectivity index (χ0v) is 10.5. The molecule has 0 fully saturated rings. The van der Waals surface area contributed by atoms with Gasteiger partial charge in [0.25, 0.3) is 0 Å². The molecule has 0 aliphatic heterocycles. The van der Waals surface area contributed by atoms with Gasteiger partial charge in [-0.1, -0.05) is 61.5 Å². The van der Waals surface area contributed by atoms with Crippen LogP contribution in [0.5, 0.6) is 0 Å². The molecule has 0 N–H and O–H groups in total. The predicted molar refractivity (Wildman–Crippen MR) is 72.7 cm³/mol. The van der Waals surface area contributed by atoms with E-state index in [0.29, 0.717) is 5.78 Å². The molecule has 0 heterocycles. The number of benzene rings is 2. The van der Waals surface area contributed by atoms with Gasteiger partial charge in [-0.25, -0.2) is 0 Å². The van der Waals surface area contributed by atoms with Gasteiger partial charge in [-0.15, -0.1) is 0 Å². The van der Waals surface area contributed by atoms with Gasteiger partial charge in [0.15, 0.2) is 5.78 Å². The topological polar surface area (TPSA) is 17.1 Å². The number of hydrogen-bond acceptors (Lipinski definition) is 1. The highest BCUT2D eigenvalue weighted by atomic mass is 16.1. The van der Waals surface area contributed by atoms with E-state index >= 15 is 0 Å². The third-order valence-electron chi connectivity index (χ3n) is 3.83. The number of ketones is 1. The van der Waals surface area contributed by atoms with E-state index in [0.717, 1.165) is 18.4 Å². The van der Waals surface area contributed by atoms with E-state index in [1.807, 2.05) is 36.4 Å². The highest BCUT2D eigenvalue weighted by Gasteiger charge is 2.40. The standard InChI is InChI=1S/C17H16O/c1-17(11-13-7-3-2-4-8-13)12-14-9-5-6-10-15(14)16(17)18/h2-10H,11-12H2,1H3. The van der Waals surface area contributed by atoms with Crippen molar-refractivity contribution in [1.82, 2.24) is 0 Å². The molecular weight excluding hydrogens is 220 g/mol. The molecule has 2 aromatic carbocycles. The van der Waals surface area contributed by atoms with Crippen molar-refractivity contribution in [1.29, 1.82) is 0 Å². The molecule has 18 heavy (non-hydrogen) atoms. The van der Waals surface area contributed by atoms with Gasteiger partial charge in [0.2, 0.25) is 0 Å². The van der Waals surface area contributed by atoms with E-state index in [-0.39, 0.29) is 5.41 Å². The van der Waals surface area contributed by atoms with Crippen LogP contribution in [0.4, 0.5) is 0 Å². The minimum atomic E-state index is -0.273. The molecule has 1 heteroatoms. The fourth-order valence-electron chi connectivity index (χ4n) is 2.91. The van der Waals surface area contributed by atoms with Crippen molar-refractivity contribution in [3.05, 3.63) is 71.3 Å². The summed E-state index contributed by atoms with van der Waals surface area (Å²) in [5.41, 5.74) is 3.07. The van der Waals surface area contributed by atoms with Gasteiger partial charge in [0.1, 0.15) is 0 Å². The van der Waals surface area contributed by atoms with Gasteiger partial charge in [0, 0.05) is 11.0 Å². The van der Waals surface area contributed by atoms with E-state index < -0.39 is 0 Å². The number of fused-ring (bicyclic) bond motifs is 1. The lowest BCUT2D eigenvalue weighted by molar-refractivity contribution is 0.0842. The zero-order chi connectivity index (χ0) is 12.6. The molecule has 0 radical (unpaired) electrons. The molecule has 1 nitrogen and oxygen atoms in total. The summed E-state index contributed by atoms with van der Waals surface area (Å²) in [4.78, 5) is 12.5. The van der Waals surface area contributed by atoms with Crippen molar-refractivity contribution < 1.29 is 4.79 Å². The van der Waals surface area contributed by atoms with E-state index in [4.69, 9.17) is 0 Å². The van der Waals surface area contributed by atoms with Gasteiger partial charge in [-0.2, -0.15) is 0 Å². The lowest BCUT2D eigenvalue weighted by atomic mass is 9.80. The third kappa shape index (κ3) is 1.76. The van der Waals surface area contributed by atoms with Crippen LogP contribution in [0.15, 0.2) is 54.6 Å². The van der Waals surface area contributed by atoms with Gasteiger partial charge < -0.3 is 0 Å². The first-order valence-electron chi connectivity index (χ1n) is 6.36. The normalized spacial score (nSPS) is 21.9. The number of rotatable bonds is 2. The summed E-state index contributed by atoms with van der Waals surface area (Å²) in [6, 6.07) is 18.3. The highest BCUT2D eigenvalue weighted by Crippen LogP contribution is 2.38. The summed E-state index contributed by atoms with van der Waals surface area (Å²) < 4.78 is 0. The van der Waals surface area contributed by atoms with Crippen LogP contribution in [-0.2, 0) is 12.8 Å². The molecule has 1 aliphatic rings. The average molecular weight is 236 g/mol. The Morgan fingerprint density at radius 3 is 2.39 bits per heavy atom. The molecule has 0 bridgehead atoms. The lowest BCUT2D eigenvalue weighted by Gasteiger charge is -2.21. The second-order valence-corrected chi connectivity index (χ2v) is 5.39. The summed E-state index contributed by atoms with van der Waals surface area (Å²) in [6.07, 6.45) is 1.68. The Kier molecular flexibility index (Phi) is 2.55. The van der Waals surface area contributed by atoms with Crippen LogP contribution >= 0.6 is 0 Å². The number of carbonyl (C=O) groups excluding carboxylic acids is 1. The van der Waals surface area contributed by atoms with Crippen LogP contribution in [0.2, 0.25) is 0 Å². The van der Waals surface area contributed by atoms with E-state index in [9.17, 15) is 4.79 Å². The van der Waals surface area contributed by atoms with Crippen LogP contribution in [0.3, 0.4) is 0 Å². The molecule has 2 aromatic rings. The number of Topliss-reactive ketones (excluding diaryl/α,β-unsaturated/α-hetero) is 1. The summed E-state index contributed by atoms with van der Waals surface area (Å²) in [5, 5.41) is 0. The molecule has 0 amide bonds. The second kappa shape index (κ2) is 4.09. The Hall–Kier alpha value is -1.89. The SMILES string of the molecule is CC1(Cc2ccccc2)Cc2ccccc2C1=O. The first kappa shape index (κ1) is 11.2. The van der Waals surface area contributed by atoms with Gasteiger partial charge in [-0.3, -0.25) is 4.79 Å². The Bertz CT molecular complexity index is 586. The molecular formula is C17H16O. The third-order valence-corrected chi connectivity index (χ3v) is 3.83. The van der Waals surface area contributed by atoms with Crippen LogP contribution < -0.4 is 0 Å². The van der Waals surface area contributed by atoms with Gasteiger partial charge in [-0.05, 0) is 24.0 Å². The molecule has 0 spiro atoms. The fraction of sp³-hybridized carbons (Fsp3) is 0.235. The Balaban J connectivity index is 1.93. The Morgan fingerprint density at radius 1 is 1.00 bits per heavy atom. The molecule has 1 unspecified atom stereocenters. The van der Waals surface area contributed by atoms with Crippen LogP contribution in [-0.4, -0.2) is 5.78 Å². The van der Waals surface area contributed by atoms with Crippen molar-refractivity contribution in [3.63, 3.8) is 0 Å². The Morgan fingerprint density at radius 2 is 1.67 bits per heavy atom. The zero-order valence-electron chi connectivity index (χ0n) is 10.5. The summed E-state index contributed by atoms with van der Waals surface area (Å²) in [5.74, 6) is 0.293. The fourth-order valence-corrected chi connectivity index (χ4v) is 2.91. The van der Waals surface area contributed by atoms with Crippen molar-refractivity contribution in [2.45, 2.75) is 19.8 Å². The smallest absolute Gasteiger partial charge is 0.169 e. The largest absolute Gasteiger partial charge is 0.294 e. The Labute approximate surface area is 107 Å². The monoisotopic (exact) mass is 236 g/mol. The lowest BCUT2D eigenvalue weighted by Crippen LogP contribution is -2.26. The van der Waals surface area contributed by atoms with Crippen molar-refractivity contribution in [2.75, 3.05) is 0 Å².